The predicted molar refractivity (Wildman–Crippen MR) is 81.0 cm³/mol. The first kappa shape index (κ1) is 14.5. The Balaban J connectivity index is 1.67. The average Bonchev–Trinajstić information content (AvgIpc) is 2.97. The Labute approximate surface area is 128 Å². The molecular weight excluding hydrogens is 280 g/mol. The van der Waals surface area contributed by atoms with Crippen LogP contribution in [0.4, 0.5) is 5.82 Å². The smallest absolute Gasteiger partial charge is 0.128 e. The predicted octanol–water partition coefficient (Wildman–Crippen LogP) is 0.359. The van der Waals surface area contributed by atoms with Crippen LogP contribution in [0.2, 0.25) is 0 Å². The van der Waals surface area contributed by atoms with E-state index in [-0.39, 0.29) is 0 Å². The van der Waals surface area contributed by atoms with Crippen molar-refractivity contribution in [1.82, 2.24) is 19.9 Å². The summed E-state index contributed by atoms with van der Waals surface area (Å²) >= 11 is 0. The molecule has 0 aromatic carbocycles. The molecule has 1 saturated heterocycles. The third-order valence-corrected chi connectivity index (χ3v) is 3.74. The molecule has 0 bridgehead atoms. The number of nitrogens with one attached hydrogen (secondary N) is 1. The maximum atomic E-state index is 10.2. The molecule has 2 aromatic heterocycles. The summed E-state index contributed by atoms with van der Waals surface area (Å²) in [5.74, 6) is 0.793. The van der Waals surface area contributed by atoms with E-state index in [0.717, 1.165) is 31.1 Å². The lowest BCUT2D eigenvalue weighted by atomic mass is 10.3. The molecule has 0 spiro atoms. The monoisotopic (exact) mass is 298 g/mol. The van der Waals surface area contributed by atoms with Crippen molar-refractivity contribution in [2.24, 2.45) is 0 Å². The minimum absolute atomic E-state index is 0.442. The zero-order valence-corrected chi connectivity index (χ0v) is 12.2. The number of aliphatic hydroxyl groups is 1. The second-order valence-corrected chi connectivity index (χ2v) is 5.43. The molecule has 1 aliphatic heterocycles. The van der Waals surface area contributed by atoms with E-state index < -0.39 is 6.10 Å². The van der Waals surface area contributed by atoms with Crippen molar-refractivity contribution in [1.29, 1.82) is 5.26 Å². The minimum Gasteiger partial charge on any atom is -0.390 e. The van der Waals surface area contributed by atoms with Gasteiger partial charge in [0.15, 0.2) is 0 Å². The van der Waals surface area contributed by atoms with Crippen LogP contribution in [0.15, 0.2) is 30.9 Å². The number of aromatic nitrogens is 3. The number of imidazole rings is 1. The molecule has 7 heteroatoms. The molecule has 2 N–H and O–H groups in total. The fourth-order valence-electron chi connectivity index (χ4n) is 2.66. The molecule has 2 aromatic rings. The van der Waals surface area contributed by atoms with Gasteiger partial charge < -0.3 is 15.0 Å². The van der Waals surface area contributed by atoms with Crippen molar-refractivity contribution in [3.8, 4) is 6.07 Å². The quantitative estimate of drug-likeness (QED) is 0.850. The topological polar surface area (TPSA) is 92.1 Å². The fourth-order valence-corrected chi connectivity index (χ4v) is 2.66. The molecule has 1 aliphatic rings. The highest BCUT2D eigenvalue weighted by atomic mass is 16.3. The molecule has 114 valence electrons. The zero-order valence-electron chi connectivity index (χ0n) is 12.2. The van der Waals surface area contributed by atoms with E-state index in [1.54, 1.807) is 24.8 Å². The molecule has 3 rings (SSSR count). The molecule has 1 atom stereocenters. The van der Waals surface area contributed by atoms with Crippen molar-refractivity contribution < 1.29 is 5.11 Å². The average molecular weight is 298 g/mol. The Morgan fingerprint density at radius 2 is 2.23 bits per heavy atom. The largest absolute Gasteiger partial charge is 0.390 e. The van der Waals surface area contributed by atoms with Crippen LogP contribution in [0.1, 0.15) is 11.3 Å². The lowest BCUT2D eigenvalue weighted by Crippen LogP contribution is -2.33. The summed E-state index contributed by atoms with van der Waals surface area (Å²) in [7, 11) is 0. The Hall–Kier alpha value is -2.43. The second kappa shape index (κ2) is 6.56. The van der Waals surface area contributed by atoms with E-state index in [0.29, 0.717) is 18.7 Å². The van der Waals surface area contributed by atoms with Gasteiger partial charge in [0, 0.05) is 50.8 Å². The van der Waals surface area contributed by atoms with Crippen molar-refractivity contribution in [3.63, 3.8) is 0 Å². The number of β-amino-alcohol motifs (C(OH)–C–C–N with tert-alkyl or cyclic N) is 1. The number of rotatable bonds is 3. The van der Waals surface area contributed by atoms with Gasteiger partial charge in [0.25, 0.3) is 0 Å². The number of aromatic amines is 1. The normalized spacial score (nSPS) is 19.6. The number of hydrogen-bond donors (Lipinski definition) is 2. The maximum Gasteiger partial charge on any atom is 0.128 e. The Bertz CT molecular complexity index is 633. The minimum atomic E-state index is -0.442. The Morgan fingerprint density at radius 1 is 1.32 bits per heavy atom. The summed E-state index contributed by atoms with van der Waals surface area (Å²) in [6.45, 7) is 3.51. The van der Waals surface area contributed by atoms with Gasteiger partial charge in [-0.3, -0.25) is 4.90 Å². The van der Waals surface area contributed by atoms with Crippen LogP contribution in [0.25, 0.3) is 0 Å². The summed E-state index contributed by atoms with van der Waals surface area (Å²) in [5.41, 5.74) is 1.58. The molecule has 0 amide bonds. The first-order valence-corrected chi connectivity index (χ1v) is 7.23. The van der Waals surface area contributed by atoms with Gasteiger partial charge in [0.05, 0.1) is 18.0 Å². The first-order chi connectivity index (χ1) is 10.7. The standard InChI is InChI=1S/C15H18N6O/c16-5-12-1-2-15(18-6-12)21-4-3-20(9-14(22)10-21)8-13-7-17-11-19-13/h1-2,6-7,11,14,22H,3-4,8-10H2,(H,17,19). The van der Waals surface area contributed by atoms with Crippen molar-refractivity contribution in [2.75, 3.05) is 31.1 Å². The summed E-state index contributed by atoms with van der Waals surface area (Å²) in [4.78, 5) is 15.7. The summed E-state index contributed by atoms with van der Waals surface area (Å²) in [5, 5.41) is 19.1. The lowest BCUT2D eigenvalue weighted by molar-refractivity contribution is 0.128. The van der Waals surface area contributed by atoms with Crippen LogP contribution in [0.3, 0.4) is 0 Å². The fraction of sp³-hybridized carbons (Fsp3) is 0.400. The van der Waals surface area contributed by atoms with Gasteiger partial charge in [-0.2, -0.15) is 5.26 Å². The summed E-state index contributed by atoms with van der Waals surface area (Å²) in [6, 6.07) is 5.64. The van der Waals surface area contributed by atoms with E-state index in [1.165, 1.54) is 0 Å². The second-order valence-electron chi connectivity index (χ2n) is 5.43. The maximum absolute atomic E-state index is 10.2. The third kappa shape index (κ3) is 3.42. The number of H-pyrrole nitrogens is 1. The number of hydrogen-bond acceptors (Lipinski definition) is 6. The van der Waals surface area contributed by atoms with Crippen LogP contribution in [0.5, 0.6) is 0 Å². The van der Waals surface area contributed by atoms with Crippen molar-refractivity contribution >= 4 is 5.82 Å². The van der Waals surface area contributed by atoms with Crippen LogP contribution < -0.4 is 4.90 Å². The van der Waals surface area contributed by atoms with Gasteiger partial charge >= 0.3 is 0 Å². The number of aliphatic hydroxyl groups excluding tert-OH is 1. The highest BCUT2D eigenvalue weighted by Crippen LogP contribution is 2.15. The number of pyridine rings is 1. The molecule has 22 heavy (non-hydrogen) atoms. The first-order valence-electron chi connectivity index (χ1n) is 7.23. The Morgan fingerprint density at radius 3 is 2.91 bits per heavy atom. The van der Waals surface area contributed by atoms with Crippen LogP contribution in [0, 0.1) is 11.3 Å². The van der Waals surface area contributed by atoms with E-state index in [1.807, 2.05) is 6.07 Å². The van der Waals surface area contributed by atoms with Crippen molar-refractivity contribution in [2.45, 2.75) is 12.6 Å². The van der Waals surface area contributed by atoms with Crippen LogP contribution in [-0.4, -0.2) is 57.2 Å². The molecule has 0 aliphatic carbocycles. The highest BCUT2D eigenvalue weighted by molar-refractivity contribution is 5.42. The molecule has 0 saturated carbocycles. The van der Waals surface area contributed by atoms with E-state index in [4.69, 9.17) is 5.26 Å². The zero-order chi connectivity index (χ0) is 15.4. The van der Waals surface area contributed by atoms with Gasteiger partial charge in [0.1, 0.15) is 11.9 Å². The molecule has 0 radical (unpaired) electrons. The number of anilines is 1. The van der Waals surface area contributed by atoms with Gasteiger partial charge in [-0.25, -0.2) is 9.97 Å². The van der Waals surface area contributed by atoms with Crippen LogP contribution in [-0.2, 0) is 6.54 Å². The number of nitrogens with zero attached hydrogens (tertiary/aromatic N) is 5. The summed E-state index contributed by atoms with van der Waals surface area (Å²) in [6.07, 6.45) is 4.59. The van der Waals surface area contributed by atoms with E-state index in [2.05, 4.69) is 30.8 Å². The van der Waals surface area contributed by atoms with Gasteiger partial charge in [-0.15, -0.1) is 0 Å². The highest BCUT2D eigenvalue weighted by Gasteiger charge is 2.22. The van der Waals surface area contributed by atoms with E-state index in [9.17, 15) is 5.11 Å². The molecule has 1 fully saturated rings. The van der Waals surface area contributed by atoms with Crippen LogP contribution >= 0.6 is 0 Å². The van der Waals surface area contributed by atoms with E-state index >= 15 is 0 Å². The molecule has 3 heterocycles. The third-order valence-electron chi connectivity index (χ3n) is 3.74. The SMILES string of the molecule is N#Cc1ccc(N2CCN(Cc3cnc[nH]3)CC(O)C2)nc1. The van der Waals surface area contributed by atoms with Gasteiger partial charge in [0.2, 0.25) is 0 Å². The summed E-state index contributed by atoms with van der Waals surface area (Å²) < 4.78 is 0. The van der Waals surface area contributed by atoms with Gasteiger partial charge in [-0.1, -0.05) is 0 Å². The molecular formula is C15H18N6O. The van der Waals surface area contributed by atoms with Gasteiger partial charge in [-0.05, 0) is 12.1 Å². The van der Waals surface area contributed by atoms with Crippen molar-refractivity contribution in [3.05, 3.63) is 42.1 Å². The lowest BCUT2D eigenvalue weighted by Gasteiger charge is -2.22. The number of nitriles is 1. The Kier molecular flexibility index (Phi) is 4.32. The molecule has 7 nitrogen and oxygen atoms in total. The molecule has 1 unspecified atom stereocenters.